The number of benzene rings is 2. The van der Waals surface area contributed by atoms with Gasteiger partial charge in [0.15, 0.2) is 0 Å². The number of nitrogens with one attached hydrogen (secondary N) is 3. The molecule has 122 valence electrons. The van der Waals surface area contributed by atoms with Crippen LogP contribution in [0.2, 0.25) is 0 Å². The van der Waals surface area contributed by atoms with E-state index in [0.29, 0.717) is 11.4 Å². The second-order valence-electron chi connectivity index (χ2n) is 5.49. The van der Waals surface area contributed by atoms with Gasteiger partial charge in [0.25, 0.3) is 5.91 Å². The second-order valence-corrected chi connectivity index (χ2v) is 5.49. The summed E-state index contributed by atoms with van der Waals surface area (Å²) >= 11 is 0. The van der Waals surface area contributed by atoms with Gasteiger partial charge < -0.3 is 15.6 Å². The summed E-state index contributed by atoms with van der Waals surface area (Å²) < 4.78 is 0. The van der Waals surface area contributed by atoms with Crippen LogP contribution in [0.5, 0.6) is 0 Å². The summed E-state index contributed by atoms with van der Waals surface area (Å²) in [4.78, 5) is 23.9. The van der Waals surface area contributed by atoms with Crippen molar-refractivity contribution in [1.82, 2.24) is 15.0 Å². The lowest BCUT2D eigenvalue weighted by atomic mass is 10.1. The van der Waals surface area contributed by atoms with E-state index in [1.807, 2.05) is 54.7 Å². The van der Waals surface area contributed by atoms with E-state index in [1.165, 1.54) is 6.33 Å². The lowest BCUT2D eigenvalue weighted by Crippen LogP contribution is -2.11. The van der Waals surface area contributed by atoms with Crippen LogP contribution in [0.4, 0.5) is 17.2 Å². The Morgan fingerprint density at radius 1 is 0.920 bits per heavy atom. The van der Waals surface area contributed by atoms with E-state index in [2.05, 4.69) is 25.6 Å². The Morgan fingerprint density at radius 2 is 1.76 bits per heavy atom. The number of aromatic nitrogens is 3. The molecule has 25 heavy (non-hydrogen) atoms. The average Bonchev–Trinajstić information content (AvgIpc) is 3.13. The highest BCUT2D eigenvalue weighted by Crippen LogP contribution is 2.23. The van der Waals surface area contributed by atoms with Crippen molar-refractivity contribution in [1.29, 1.82) is 0 Å². The first-order valence-corrected chi connectivity index (χ1v) is 7.81. The molecule has 0 aliphatic carbocycles. The van der Waals surface area contributed by atoms with Crippen molar-refractivity contribution in [3.05, 3.63) is 78.8 Å². The van der Waals surface area contributed by atoms with Gasteiger partial charge in [-0.3, -0.25) is 4.79 Å². The summed E-state index contributed by atoms with van der Waals surface area (Å²) in [5.74, 6) is 0.524. The number of carbonyl (C=O) groups is 1. The second kappa shape index (κ2) is 6.45. The number of anilines is 3. The largest absolute Gasteiger partial charge is 0.346 e. The van der Waals surface area contributed by atoms with E-state index in [-0.39, 0.29) is 5.91 Å². The SMILES string of the molecule is O=C(Nc1ccccc1)c1cccc(Nc2ncnc3[nH]ccc23)c1. The number of para-hydroxylation sites is 1. The normalized spacial score (nSPS) is 10.6. The van der Waals surface area contributed by atoms with Gasteiger partial charge in [-0.15, -0.1) is 0 Å². The molecular weight excluding hydrogens is 314 g/mol. The zero-order valence-electron chi connectivity index (χ0n) is 13.2. The Labute approximate surface area is 144 Å². The zero-order valence-corrected chi connectivity index (χ0v) is 13.2. The summed E-state index contributed by atoms with van der Waals surface area (Å²) in [5.41, 5.74) is 2.86. The van der Waals surface area contributed by atoms with Crippen molar-refractivity contribution >= 4 is 34.1 Å². The van der Waals surface area contributed by atoms with Gasteiger partial charge in [-0.2, -0.15) is 0 Å². The van der Waals surface area contributed by atoms with Crippen LogP contribution >= 0.6 is 0 Å². The topological polar surface area (TPSA) is 82.7 Å². The number of carbonyl (C=O) groups excluding carboxylic acids is 1. The number of amides is 1. The first-order chi connectivity index (χ1) is 12.3. The van der Waals surface area contributed by atoms with Crippen LogP contribution in [-0.2, 0) is 0 Å². The predicted octanol–water partition coefficient (Wildman–Crippen LogP) is 3.95. The molecule has 0 radical (unpaired) electrons. The number of nitrogens with zero attached hydrogens (tertiary/aromatic N) is 2. The zero-order chi connectivity index (χ0) is 17.1. The molecule has 0 bridgehead atoms. The van der Waals surface area contributed by atoms with Crippen LogP contribution in [0, 0.1) is 0 Å². The number of aromatic amines is 1. The molecule has 0 fully saturated rings. The molecule has 0 spiro atoms. The molecule has 3 N–H and O–H groups in total. The highest BCUT2D eigenvalue weighted by Gasteiger charge is 2.09. The Bertz CT molecular complexity index is 1030. The average molecular weight is 329 g/mol. The van der Waals surface area contributed by atoms with E-state index in [9.17, 15) is 4.79 Å². The maximum absolute atomic E-state index is 12.4. The molecule has 1 amide bonds. The molecule has 4 aromatic rings. The first kappa shape index (κ1) is 14.9. The quantitative estimate of drug-likeness (QED) is 0.529. The molecule has 2 aromatic heterocycles. The third-order valence-electron chi connectivity index (χ3n) is 3.77. The fraction of sp³-hybridized carbons (Fsp3) is 0. The summed E-state index contributed by atoms with van der Waals surface area (Å²) in [5, 5.41) is 7.01. The molecule has 4 rings (SSSR count). The summed E-state index contributed by atoms with van der Waals surface area (Å²) in [7, 11) is 0. The fourth-order valence-corrected chi connectivity index (χ4v) is 2.57. The van der Waals surface area contributed by atoms with E-state index in [4.69, 9.17) is 0 Å². The number of rotatable bonds is 4. The number of fused-ring (bicyclic) bond motifs is 1. The van der Waals surface area contributed by atoms with Crippen molar-refractivity contribution in [2.75, 3.05) is 10.6 Å². The number of hydrogen-bond acceptors (Lipinski definition) is 4. The van der Waals surface area contributed by atoms with Crippen molar-refractivity contribution in [3.63, 3.8) is 0 Å². The molecule has 0 unspecified atom stereocenters. The molecule has 6 nitrogen and oxygen atoms in total. The van der Waals surface area contributed by atoms with Crippen LogP contribution in [0.15, 0.2) is 73.2 Å². The Balaban J connectivity index is 1.57. The minimum atomic E-state index is -0.163. The lowest BCUT2D eigenvalue weighted by molar-refractivity contribution is 0.102. The summed E-state index contributed by atoms with van der Waals surface area (Å²) in [6, 6.07) is 18.6. The van der Waals surface area contributed by atoms with Gasteiger partial charge >= 0.3 is 0 Å². The Kier molecular flexibility index (Phi) is 3.84. The van der Waals surface area contributed by atoms with Crippen molar-refractivity contribution in [2.45, 2.75) is 0 Å². The number of H-pyrrole nitrogens is 1. The third-order valence-corrected chi connectivity index (χ3v) is 3.77. The minimum absolute atomic E-state index is 0.163. The molecule has 0 atom stereocenters. The van der Waals surface area contributed by atoms with Gasteiger partial charge in [-0.05, 0) is 36.4 Å². The minimum Gasteiger partial charge on any atom is -0.346 e. The van der Waals surface area contributed by atoms with Crippen LogP contribution in [0.25, 0.3) is 11.0 Å². The predicted molar refractivity (Wildman–Crippen MR) is 98.0 cm³/mol. The van der Waals surface area contributed by atoms with E-state index < -0.39 is 0 Å². The molecule has 6 heteroatoms. The van der Waals surface area contributed by atoms with E-state index in [0.717, 1.165) is 22.4 Å². The molecule has 2 heterocycles. The summed E-state index contributed by atoms with van der Waals surface area (Å²) in [6.07, 6.45) is 3.31. The van der Waals surface area contributed by atoms with Crippen LogP contribution < -0.4 is 10.6 Å². The van der Waals surface area contributed by atoms with Gasteiger partial charge in [-0.25, -0.2) is 9.97 Å². The van der Waals surface area contributed by atoms with Crippen LogP contribution in [0.1, 0.15) is 10.4 Å². The molecule has 0 saturated carbocycles. The van der Waals surface area contributed by atoms with Gasteiger partial charge in [0, 0.05) is 23.1 Å². The van der Waals surface area contributed by atoms with Crippen LogP contribution in [-0.4, -0.2) is 20.9 Å². The standard InChI is InChI=1S/C19H15N5O/c25-19(24-14-6-2-1-3-7-14)13-5-4-8-15(11-13)23-18-16-9-10-20-17(16)21-12-22-18/h1-12H,(H,24,25)(H2,20,21,22,23). The van der Waals surface area contributed by atoms with Gasteiger partial charge in [-0.1, -0.05) is 24.3 Å². The van der Waals surface area contributed by atoms with Gasteiger partial charge in [0.1, 0.15) is 17.8 Å². The monoisotopic (exact) mass is 329 g/mol. The summed E-state index contributed by atoms with van der Waals surface area (Å²) in [6.45, 7) is 0. The van der Waals surface area contributed by atoms with E-state index in [1.54, 1.807) is 12.1 Å². The van der Waals surface area contributed by atoms with Crippen molar-refractivity contribution in [3.8, 4) is 0 Å². The first-order valence-electron chi connectivity index (χ1n) is 7.81. The Hall–Kier alpha value is -3.67. The molecule has 0 aliphatic rings. The van der Waals surface area contributed by atoms with Crippen molar-refractivity contribution < 1.29 is 4.79 Å². The van der Waals surface area contributed by atoms with E-state index >= 15 is 0 Å². The van der Waals surface area contributed by atoms with Gasteiger partial charge in [0.05, 0.1) is 5.39 Å². The van der Waals surface area contributed by atoms with Crippen LogP contribution in [0.3, 0.4) is 0 Å². The highest BCUT2D eigenvalue weighted by atomic mass is 16.1. The maximum atomic E-state index is 12.4. The molecule has 0 aliphatic heterocycles. The Morgan fingerprint density at radius 3 is 2.64 bits per heavy atom. The fourth-order valence-electron chi connectivity index (χ4n) is 2.57. The van der Waals surface area contributed by atoms with Crippen molar-refractivity contribution in [2.24, 2.45) is 0 Å². The van der Waals surface area contributed by atoms with Gasteiger partial charge in [0.2, 0.25) is 0 Å². The third kappa shape index (κ3) is 3.18. The molecular formula is C19H15N5O. The highest BCUT2D eigenvalue weighted by molar-refractivity contribution is 6.05. The molecule has 2 aromatic carbocycles. The molecule has 0 saturated heterocycles. The number of hydrogen-bond donors (Lipinski definition) is 3. The lowest BCUT2D eigenvalue weighted by Gasteiger charge is -2.09. The maximum Gasteiger partial charge on any atom is 0.255 e. The smallest absolute Gasteiger partial charge is 0.255 e.